The summed E-state index contributed by atoms with van der Waals surface area (Å²) in [5.74, 6) is 0.356. The van der Waals surface area contributed by atoms with Crippen LogP contribution in [-0.4, -0.2) is 43.2 Å². The number of benzene rings is 1. The molecule has 0 radical (unpaired) electrons. The number of amides is 1. The molecule has 0 unspecified atom stereocenters. The number of hydrogen-bond donors (Lipinski definition) is 1. The third kappa shape index (κ3) is 4.47. The number of carbonyl (C=O) groups excluding carboxylic acids is 1. The van der Waals surface area contributed by atoms with Crippen LogP contribution >= 0.6 is 24.0 Å². The van der Waals surface area contributed by atoms with Crippen molar-refractivity contribution in [3.63, 3.8) is 0 Å². The molecule has 1 fully saturated rings. The van der Waals surface area contributed by atoms with Crippen molar-refractivity contribution < 1.29 is 13.9 Å². The van der Waals surface area contributed by atoms with Crippen LogP contribution in [0.15, 0.2) is 22.6 Å². The zero-order valence-electron chi connectivity index (χ0n) is 14.3. The number of carbonyl (C=O) groups is 1. The zero-order chi connectivity index (χ0) is 17.1. The van der Waals surface area contributed by atoms with Gasteiger partial charge in [-0.3, -0.25) is 4.79 Å². The molecule has 1 aromatic heterocycles. The predicted molar refractivity (Wildman–Crippen MR) is 102 cm³/mol. The van der Waals surface area contributed by atoms with Crippen molar-refractivity contribution >= 4 is 40.9 Å². The number of nitrogens with zero attached hydrogens (tertiary/aromatic N) is 1. The number of ether oxygens (including phenoxy) is 1. The lowest BCUT2D eigenvalue weighted by molar-refractivity contribution is 0.00767. The number of halogens is 2. The molecule has 0 atom stereocenters. The lowest BCUT2D eigenvalue weighted by Gasteiger charge is -2.31. The zero-order valence-corrected chi connectivity index (χ0v) is 15.9. The minimum atomic E-state index is -0.0553. The number of furan rings is 1. The fourth-order valence-corrected chi connectivity index (χ4v) is 3.27. The summed E-state index contributed by atoms with van der Waals surface area (Å²) in [7, 11) is 0. The van der Waals surface area contributed by atoms with Gasteiger partial charge in [-0.25, -0.2) is 0 Å². The Labute approximate surface area is 158 Å². The van der Waals surface area contributed by atoms with Gasteiger partial charge in [0.05, 0.1) is 6.10 Å². The Bertz CT molecular complexity index is 724. The van der Waals surface area contributed by atoms with E-state index < -0.39 is 0 Å². The van der Waals surface area contributed by atoms with E-state index in [1.807, 2.05) is 17.9 Å². The van der Waals surface area contributed by atoms with E-state index >= 15 is 0 Å². The molecular formula is C18H24Cl2N2O3. The van der Waals surface area contributed by atoms with Crippen LogP contribution in [0.4, 0.5) is 0 Å². The molecule has 0 saturated carbocycles. The average Bonchev–Trinajstić information content (AvgIpc) is 2.92. The molecule has 138 valence electrons. The highest BCUT2D eigenvalue weighted by atomic mass is 35.5. The van der Waals surface area contributed by atoms with Gasteiger partial charge in [-0.2, -0.15) is 0 Å². The van der Waals surface area contributed by atoms with Crippen molar-refractivity contribution in [1.29, 1.82) is 0 Å². The largest absolute Gasteiger partial charge is 0.451 e. The summed E-state index contributed by atoms with van der Waals surface area (Å²) in [6, 6.07) is 5.41. The van der Waals surface area contributed by atoms with Crippen molar-refractivity contribution in [3.05, 3.63) is 34.5 Å². The normalized spacial score (nSPS) is 15.4. The Morgan fingerprint density at radius 3 is 2.80 bits per heavy atom. The molecule has 2 aromatic rings. The molecule has 0 spiro atoms. The second kappa shape index (κ2) is 8.90. The molecule has 5 nitrogen and oxygen atoms in total. The summed E-state index contributed by atoms with van der Waals surface area (Å²) >= 11 is 6.04. The van der Waals surface area contributed by atoms with Crippen molar-refractivity contribution in [1.82, 2.24) is 4.90 Å². The molecule has 3 rings (SSSR count). The van der Waals surface area contributed by atoms with Crippen LogP contribution in [0.3, 0.4) is 0 Å². The predicted octanol–water partition coefficient (Wildman–Crippen LogP) is 3.79. The van der Waals surface area contributed by atoms with Gasteiger partial charge in [0, 0.05) is 35.7 Å². The Morgan fingerprint density at radius 2 is 2.12 bits per heavy atom. The first-order valence-corrected chi connectivity index (χ1v) is 8.77. The first kappa shape index (κ1) is 20.0. The summed E-state index contributed by atoms with van der Waals surface area (Å²) in [6.45, 7) is 4.61. The highest BCUT2D eigenvalue weighted by Crippen LogP contribution is 2.29. The van der Waals surface area contributed by atoms with E-state index in [1.165, 1.54) is 0 Å². The van der Waals surface area contributed by atoms with Crippen LogP contribution in [0.2, 0.25) is 5.02 Å². The van der Waals surface area contributed by atoms with E-state index in [0.717, 1.165) is 30.2 Å². The lowest BCUT2D eigenvalue weighted by atomic mass is 10.1. The number of nitrogens with two attached hydrogens (primary N) is 1. The monoisotopic (exact) mass is 386 g/mol. The van der Waals surface area contributed by atoms with Crippen molar-refractivity contribution in [2.75, 3.05) is 26.2 Å². The summed E-state index contributed by atoms with van der Waals surface area (Å²) in [5, 5.41) is 1.53. The van der Waals surface area contributed by atoms with Gasteiger partial charge in [-0.05, 0) is 50.9 Å². The smallest absolute Gasteiger partial charge is 0.289 e. The Morgan fingerprint density at radius 1 is 1.40 bits per heavy atom. The summed E-state index contributed by atoms with van der Waals surface area (Å²) < 4.78 is 11.6. The molecule has 0 bridgehead atoms. The third-order valence-corrected chi connectivity index (χ3v) is 4.76. The molecule has 25 heavy (non-hydrogen) atoms. The first-order valence-electron chi connectivity index (χ1n) is 8.39. The Hall–Kier alpha value is -1.27. The van der Waals surface area contributed by atoms with Crippen LogP contribution in [-0.2, 0) is 4.74 Å². The van der Waals surface area contributed by atoms with Gasteiger partial charge in [0.1, 0.15) is 5.58 Å². The van der Waals surface area contributed by atoms with E-state index in [4.69, 9.17) is 26.5 Å². The van der Waals surface area contributed by atoms with Gasteiger partial charge in [0.2, 0.25) is 0 Å². The molecule has 1 aliphatic heterocycles. The maximum Gasteiger partial charge on any atom is 0.289 e. The number of likely N-dealkylation sites (tertiary alicyclic amines) is 1. The summed E-state index contributed by atoms with van der Waals surface area (Å²) in [6.07, 6.45) is 2.79. The molecule has 2 N–H and O–H groups in total. The lowest BCUT2D eigenvalue weighted by Crippen LogP contribution is -2.41. The van der Waals surface area contributed by atoms with Gasteiger partial charge >= 0.3 is 0 Å². The van der Waals surface area contributed by atoms with E-state index in [9.17, 15) is 4.79 Å². The van der Waals surface area contributed by atoms with Gasteiger partial charge in [-0.1, -0.05) is 11.6 Å². The van der Waals surface area contributed by atoms with Crippen molar-refractivity contribution in [2.45, 2.75) is 32.3 Å². The van der Waals surface area contributed by atoms with Gasteiger partial charge < -0.3 is 19.8 Å². The van der Waals surface area contributed by atoms with Crippen LogP contribution in [0.5, 0.6) is 0 Å². The van der Waals surface area contributed by atoms with E-state index in [1.54, 1.807) is 12.1 Å². The quantitative estimate of drug-likeness (QED) is 0.793. The van der Waals surface area contributed by atoms with Crippen LogP contribution in [0.1, 0.15) is 35.4 Å². The molecule has 0 aliphatic carbocycles. The molecule has 2 heterocycles. The maximum atomic E-state index is 12.8. The van der Waals surface area contributed by atoms with E-state index in [-0.39, 0.29) is 24.4 Å². The highest BCUT2D eigenvalue weighted by molar-refractivity contribution is 6.31. The molecule has 7 heteroatoms. The maximum absolute atomic E-state index is 12.8. The standard InChI is InChI=1S/C18H23ClN2O3.ClH/c1-12-15-11-13(19)3-4-16(15)24-17(12)18(22)21-8-5-14(6-9-21)23-10-2-7-20;/h3-4,11,14H,2,5-10,20H2,1H3;1H. The van der Waals surface area contributed by atoms with Crippen LogP contribution in [0.25, 0.3) is 11.0 Å². The number of aryl methyl sites for hydroxylation is 1. The first-order chi connectivity index (χ1) is 11.6. The van der Waals surface area contributed by atoms with Gasteiger partial charge in [0.25, 0.3) is 5.91 Å². The van der Waals surface area contributed by atoms with Crippen molar-refractivity contribution in [2.24, 2.45) is 5.73 Å². The molecule has 1 saturated heterocycles. The number of piperidine rings is 1. The van der Waals surface area contributed by atoms with Crippen molar-refractivity contribution in [3.8, 4) is 0 Å². The fourth-order valence-electron chi connectivity index (χ4n) is 3.10. The SMILES string of the molecule is Cc1c(C(=O)N2CCC(OCCCN)CC2)oc2ccc(Cl)cc12.Cl. The van der Waals surface area contributed by atoms with Gasteiger partial charge in [-0.15, -0.1) is 12.4 Å². The van der Waals surface area contributed by atoms with Crippen LogP contribution in [0, 0.1) is 6.92 Å². The topological polar surface area (TPSA) is 68.7 Å². The molecule has 1 aliphatic rings. The molecular weight excluding hydrogens is 363 g/mol. The third-order valence-electron chi connectivity index (χ3n) is 4.52. The number of hydrogen-bond acceptors (Lipinski definition) is 4. The minimum Gasteiger partial charge on any atom is -0.451 e. The second-order valence-electron chi connectivity index (χ2n) is 6.20. The molecule has 1 amide bonds. The van der Waals surface area contributed by atoms with E-state index in [0.29, 0.717) is 42.6 Å². The highest BCUT2D eigenvalue weighted by Gasteiger charge is 2.27. The molecule has 1 aromatic carbocycles. The fraction of sp³-hybridized carbons (Fsp3) is 0.500. The summed E-state index contributed by atoms with van der Waals surface area (Å²) in [5.41, 5.74) is 7.01. The number of rotatable bonds is 5. The minimum absolute atomic E-state index is 0. The average molecular weight is 387 g/mol. The Balaban J connectivity index is 0.00000225. The second-order valence-corrected chi connectivity index (χ2v) is 6.64. The van der Waals surface area contributed by atoms with E-state index in [2.05, 4.69) is 0 Å². The van der Waals surface area contributed by atoms with Crippen LogP contribution < -0.4 is 5.73 Å². The van der Waals surface area contributed by atoms with Gasteiger partial charge in [0.15, 0.2) is 5.76 Å². The summed E-state index contributed by atoms with van der Waals surface area (Å²) in [4.78, 5) is 14.6. The number of fused-ring (bicyclic) bond motifs is 1. The Kier molecular flexibility index (Phi) is 7.14.